The van der Waals surface area contributed by atoms with E-state index in [1.165, 1.54) is 23.5 Å². The molecule has 1 N–H and O–H groups in total. The summed E-state index contributed by atoms with van der Waals surface area (Å²) >= 11 is 1.37. The van der Waals surface area contributed by atoms with Crippen molar-refractivity contribution in [1.29, 1.82) is 0 Å². The zero-order chi connectivity index (χ0) is 22.8. The predicted octanol–water partition coefficient (Wildman–Crippen LogP) is 6.68. The van der Waals surface area contributed by atoms with E-state index in [9.17, 15) is 9.18 Å². The fourth-order valence-electron chi connectivity index (χ4n) is 3.45. The Hall–Kier alpha value is -4.04. The summed E-state index contributed by atoms with van der Waals surface area (Å²) in [4.78, 5) is 17.2. The van der Waals surface area contributed by atoms with Crippen molar-refractivity contribution >= 4 is 38.3 Å². The van der Waals surface area contributed by atoms with Gasteiger partial charge in [0.2, 0.25) is 0 Å². The summed E-state index contributed by atoms with van der Waals surface area (Å²) in [5.41, 5.74) is 3.68. The number of anilines is 2. The van der Waals surface area contributed by atoms with Crippen LogP contribution in [0.4, 0.5) is 15.2 Å². The van der Waals surface area contributed by atoms with E-state index in [1.54, 1.807) is 13.0 Å². The van der Waals surface area contributed by atoms with E-state index < -0.39 is 5.97 Å². The molecule has 5 rings (SSSR count). The molecule has 0 aliphatic heterocycles. The Kier molecular flexibility index (Phi) is 5.58. The van der Waals surface area contributed by atoms with Crippen LogP contribution >= 0.6 is 11.3 Å². The Morgan fingerprint density at radius 1 is 1.06 bits per heavy atom. The molecule has 0 aliphatic carbocycles. The number of carbonyl (C=O) groups excluding carboxylic acids is 1. The number of rotatable bonds is 6. The van der Waals surface area contributed by atoms with E-state index in [2.05, 4.69) is 15.5 Å². The second-order valence-corrected chi connectivity index (χ2v) is 8.19. The Labute approximate surface area is 192 Å². The molecule has 0 saturated heterocycles. The molecular formula is C25H18FN3O3S. The van der Waals surface area contributed by atoms with Gasteiger partial charge >= 0.3 is 5.97 Å². The molecule has 0 radical (unpaired) electrons. The molecule has 2 aromatic heterocycles. The van der Waals surface area contributed by atoms with Crippen molar-refractivity contribution in [2.75, 3.05) is 11.9 Å². The number of thiazole rings is 1. The lowest BCUT2D eigenvalue weighted by atomic mass is 10.0. The summed E-state index contributed by atoms with van der Waals surface area (Å²) in [7, 11) is 0. The molecule has 0 saturated carbocycles. The topological polar surface area (TPSA) is 77.2 Å². The van der Waals surface area contributed by atoms with Gasteiger partial charge in [0.15, 0.2) is 10.9 Å². The van der Waals surface area contributed by atoms with Crippen molar-refractivity contribution in [3.05, 3.63) is 84.2 Å². The minimum Gasteiger partial charge on any atom is -0.462 e. The maximum absolute atomic E-state index is 13.4. The van der Waals surface area contributed by atoms with E-state index in [0.29, 0.717) is 22.1 Å². The fourth-order valence-corrected chi connectivity index (χ4v) is 4.36. The third kappa shape index (κ3) is 4.20. The number of hydrogen-bond donors (Lipinski definition) is 1. The highest BCUT2D eigenvalue weighted by molar-refractivity contribution is 7.22. The fraction of sp³-hybridized carbons (Fsp3) is 0.0800. The molecule has 0 fully saturated rings. The first kappa shape index (κ1) is 20.8. The van der Waals surface area contributed by atoms with E-state index >= 15 is 0 Å². The highest BCUT2D eigenvalue weighted by Crippen LogP contribution is 2.34. The molecule has 5 aromatic rings. The number of esters is 1. The molecule has 33 heavy (non-hydrogen) atoms. The van der Waals surface area contributed by atoms with Gasteiger partial charge in [-0.3, -0.25) is 0 Å². The van der Waals surface area contributed by atoms with Gasteiger partial charge in [-0.05, 0) is 37.3 Å². The van der Waals surface area contributed by atoms with Crippen LogP contribution in [-0.2, 0) is 4.74 Å². The lowest BCUT2D eigenvalue weighted by Gasteiger charge is -2.06. The first-order valence-corrected chi connectivity index (χ1v) is 11.1. The smallest absolute Gasteiger partial charge is 0.344 e. The number of nitrogens with one attached hydrogen (secondary N) is 1. The maximum atomic E-state index is 13.4. The maximum Gasteiger partial charge on any atom is 0.344 e. The van der Waals surface area contributed by atoms with Gasteiger partial charge in [0.25, 0.3) is 0 Å². The summed E-state index contributed by atoms with van der Waals surface area (Å²) in [6.07, 6.45) is 0. The highest BCUT2D eigenvalue weighted by Gasteiger charge is 2.26. The molecule has 164 valence electrons. The molecule has 6 nitrogen and oxygen atoms in total. The van der Waals surface area contributed by atoms with Gasteiger partial charge in [-0.25, -0.2) is 14.2 Å². The lowest BCUT2D eigenvalue weighted by molar-refractivity contribution is 0.0527. The predicted molar refractivity (Wildman–Crippen MR) is 126 cm³/mol. The number of benzene rings is 3. The van der Waals surface area contributed by atoms with Crippen LogP contribution in [0.3, 0.4) is 0 Å². The van der Waals surface area contributed by atoms with Crippen molar-refractivity contribution in [3.8, 4) is 22.6 Å². The van der Waals surface area contributed by atoms with Gasteiger partial charge in [-0.15, -0.1) is 0 Å². The quantitative estimate of drug-likeness (QED) is 0.286. The van der Waals surface area contributed by atoms with Gasteiger partial charge < -0.3 is 14.6 Å². The standard InChI is InChI=1S/C25H18FN3O3S/c1-2-31-24(30)21-22(29-32-23(21)16-6-4-3-5-7-16)15-8-11-18(12-9-15)27-25-28-19-13-10-17(26)14-20(19)33-25/h3-14H,2H2,1H3,(H,27,28). The van der Waals surface area contributed by atoms with E-state index in [4.69, 9.17) is 9.26 Å². The number of halogens is 1. The lowest BCUT2D eigenvalue weighted by Crippen LogP contribution is -2.06. The molecule has 2 heterocycles. The monoisotopic (exact) mass is 459 g/mol. The zero-order valence-corrected chi connectivity index (χ0v) is 18.4. The van der Waals surface area contributed by atoms with Gasteiger partial charge in [0.05, 0.1) is 16.8 Å². The largest absolute Gasteiger partial charge is 0.462 e. The molecule has 3 aromatic carbocycles. The number of aromatic nitrogens is 2. The summed E-state index contributed by atoms with van der Waals surface area (Å²) in [6.45, 7) is 2.00. The van der Waals surface area contributed by atoms with Crippen LogP contribution < -0.4 is 5.32 Å². The third-order valence-corrected chi connectivity index (χ3v) is 5.90. The number of nitrogens with zero attached hydrogens (tertiary/aromatic N) is 2. The van der Waals surface area contributed by atoms with Crippen LogP contribution in [0.1, 0.15) is 17.3 Å². The molecule has 0 aliphatic rings. The van der Waals surface area contributed by atoms with Gasteiger partial charge in [-0.2, -0.15) is 0 Å². The third-order valence-electron chi connectivity index (χ3n) is 4.97. The number of carbonyl (C=O) groups is 1. The first-order valence-electron chi connectivity index (χ1n) is 10.3. The first-order chi connectivity index (χ1) is 16.1. The second-order valence-electron chi connectivity index (χ2n) is 7.16. The molecule has 0 amide bonds. The van der Waals surface area contributed by atoms with Crippen molar-refractivity contribution in [1.82, 2.24) is 10.1 Å². The summed E-state index contributed by atoms with van der Waals surface area (Å²) in [6, 6.07) is 21.2. The van der Waals surface area contributed by atoms with Crippen molar-refractivity contribution in [2.45, 2.75) is 6.92 Å². The minimum absolute atomic E-state index is 0.243. The van der Waals surface area contributed by atoms with Crippen molar-refractivity contribution in [2.24, 2.45) is 0 Å². The SMILES string of the molecule is CCOC(=O)c1c(-c2ccc(Nc3nc4ccc(F)cc4s3)cc2)noc1-c1ccccc1. The minimum atomic E-state index is -0.489. The van der Waals surface area contributed by atoms with Crippen LogP contribution in [0, 0.1) is 5.82 Å². The Morgan fingerprint density at radius 2 is 1.85 bits per heavy atom. The van der Waals surface area contributed by atoms with Gasteiger partial charge in [0.1, 0.15) is 17.1 Å². The van der Waals surface area contributed by atoms with Crippen LogP contribution in [0.2, 0.25) is 0 Å². The summed E-state index contributed by atoms with van der Waals surface area (Å²) in [5, 5.41) is 8.06. The Balaban J connectivity index is 1.45. The highest BCUT2D eigenvalue weighted by atomic mass is 32.1. The second kappa shape index (κ2) is 8.84. The number of hydrogen-bond acceptors (Lipinski definition) is 7. The Bertz CT molecular complexity index is 1430. The Morgan fingerprint density at radius 3 is 2.61 bits per heavy atom. The van der Waals surface area contributed by atoms with E-state index in [-0.39, 0.29) is 18.0 Å². The van der Waals surface area contributed by atoms with Crippen LogP contribution in [0.5, 0.6) is 0 Å². The molecule has 8 heteroatoms. The summed E-state index contributed by atoms with van der Waals surface area (Å²) < 4.78 is 25.0. The zero-order valence-electron chi connectivity index (χ0n) is 17.5. The normalized spacial score (nSPS) is 11.0. The van der Waals surface area contributed by atoms with Gasteiger partial charge in [0, 0.05) is 16.8 Å². The van der Waals surface area contributed by atoms with Crippen molar-refractivity contribution in [3.63, 3.8) is 0 Å². The molecule has 0 spiro atoms. The van der Waals surface area contributed by atoms with Gasteiger partial charge in [-0.1, -0.05) is 59.0 Å². The molecule has 0 unspecified atom stereocenters. The van der Waals surface area contributed by atoms with Crippen LogP contribution in [0.15, 0.2) is 77.3 Å². The van der Waals surface area contributed by atoms with Crippen molar-refractivity contribution < 1.29 is 18.4 Å². The number of fused-ring (bicyclic) bond motifs is 1. The molecule has 0 bridgehead atoms. The summed E-state index contributed by atoms with van der Waals surface area (Å²) in [5.74, 6) is -0.411. The van der Waals surface area contributed by atoms with E-state index in [0.717, 1.165) is 21.5 Å². The average molecular weight is 460 g/mol. The number of ether oxygens (including phenoxy) is 1. The van der Waals surface area contributed by atoms with Crippen LogP contribution in [0.25, 0.3) is 32.8 Å². The molecule has 0 atom stereocenters. The van der Waals surface area contributed by atoms with Crippen LogP contribution in [-0.4, -0.2) is 22.7 Å². The average Bonchev–Trinajstić information content (AvgIpc) is 3.44. The van der Waals surface area contributed by atoms with E-state index in [1.807, 2.05) is 54.6 Å². The molecular weight excluding hydrogens is 441 g/mol.